The molecule has 0 aliphatic rings. The second-order valence-corrected chi connectivity index (χ2v) is 2.60. The van der Waals surface area contributed by atoms with Gasteiger partial charge in [0.05, 0.1) is 13.2 Å². The van der Waals surface area contributed by atoms with Crippen molar-refractivity contribution in [2.24, 2.45) is 5.73 Å². The third-order valence-electron chi connectivity index (χ3n) is 1.36. The second-order valence-electron chi connectivity index (χ2n) is 2.60. The summed E-state index contributed by atoms with van der Waals surface area (Å²) in [5, 5.41) is 10.4. The van der Waals surface area contributed by atoms with Crippen LogP contribution in [-0.4, -0.2) is 50.7 Å². The third-order valence-corrected chi connectivity index (χ3v) is 1.36. The first-order valence-electron chi connectivity index (χ1n) is 4.59. The lowest BCUT2D eigenvalue weighted by molar-refractivity contribution is 0.0864. The van der Waals surface area contributed by atoms with E-state index in [-0.39, 0.29) is 0 Å². The zero-order valence-electron chi connectivity index (χ0n) is 8.20. The lowest BCUT2D eigenvalue weighted by Crippen LogP contribution is -2.25. The van der Waals surface area contributed by atoms with Crippen molar-refractivity contribution >= 4 is 6.09 Å². The number of amides is 1. The van der Waals surface area contributed by atoms with Crippen LogP contribution in [-0.2, 0) is 9.47 Å². The molecule has 0 unspecified atom stereocenters. The topological polar surface area (TPSA) is 93.8 Å². The van der Waals surface area contributed by atoms with Crippen molar-refractivity contribution in [3.63, 3.8) is 0 Å². The Bertz CT molecular complexity index is 143. The minimum Gasteiger partial charge on any atom is -0.465 e. The number of hydrogen-bond donors (Lipinski definition) is 3. The van der Waals surface area contributed by atoms with Gasteiger partial charge >= 0.3 is 6.09 Å². The van der Waals surface area contributed by atoms with E-state index in [0.717, 1.165) is 6.42 Å². The summed E-state index contributed by atoms with van der Waals surface area (Å²) in [7, 11) is 0. The zero-order chi connectivity index (χ0) is 10.6. The molecule has 4 N–H and O–H groups in total. The van der Waals surface area contributed by atoms with Gasteiger partial charge in [0.25, 0.3) is 0 Å². The molecule has 0 bridgehead atoms. The molecule has 0 saturated carbocycles. The predicted molar refractivity (Wildman–Crippen MR) is 51.3 cm³/mol. The standard InChI is InChI=1S/C8H18N2O4/c9-2-6-13-4-1-5-14-7-3-10-8(11)12/h10H,1-7,9H2,(H,11,12). The van der Waals surface area contributed by atoms with Crippen molar-refractivity contribution in [3.8, 4) is 0 Å². The van der Waals surface area contributed by atoms with Gasteiger partial charge in [0.2, 0.25) is 0 Å². The van der Waals surface area contributed by atoms with Gasteiger partial charge in [0.15, 0.2) is 0 Å². The lowest BCUT2D eigenvalue weighted by Gasteiger charge is -2.04. The molecule has 0 aliphatic carbocycles. The minimum atomic E-state index is -1.03. The van der Waals surface area contributed by atoms with Gasteiger partial charge in [-0.2, -0.15) is 0 Å². The van der Waals surface area contributed by atoms with Crippen molar-refractivity contribution in [3.05, 3.63) is 0 Å². The summed E-state index contributed by atoms with van der Waals surface area (Å²) in [6, 6.07) is 0. The molecule has 6 nitrogen and oxygen atoms in total. The molecule has 0 aromatic carbocycles. The van der Waals surface area contributed by atoms with Gasteiger partial charge < -0.3 is 25.6 Å². The van der Waals surface area contributed by atoms with E-state index < -0.39 is 6.09 Å². The summed E-state index contributed by atoms with van der Waals surface area (Å²) in [4.78, 5) is 10.0. The van der Waals surface area contributed by atoms with Gasteiger partial charge in [-0.3, -0.25) is 0 Å². The quantitative estimate of drug-likeness (QED) is 0.448. The number of nitrogens with two attached hydrogens (primary N) is 1. The SMILES string of the molecule is NCCOCCCOCCNC(=O)O. The van der Waals surface area contributed by atoms with Crippen LogP contribution in [0.3, 0.4) is 0 Å². The van der Waals surface area contributed by atoms with Crippen LogP contribution >= 0.6 is 0 Å². The highest BCUT2D eigenvalue weighted by molar-refractivity contribution is 5.64. The van der Waals surface area contributed by atoms with E-state index in [2.05, 4.69) is 5.32 Å². The van der Waals surface area contributed by atoms with Crippen LogP contribution in [0.1, 0.15) is 6.42 Å². The fourth-order valence-corrected chi connectivity index (χ4v) is 0.781. The monoisotopic (exact) mass is 206 g/mol. The number of carbonyl (C=O) groups is 1. The van der Waals surface area contributed by atoms with E-state index >= 15 is 0 Å². The zero-order valence-corrected chi connectivity index (χ0v) is 8.20. The Labute approximate surface area is 83.4 Å². The van der Waals surface area contributed by atoms with E-state index in [4.69, 9.17) is 20.3 Å². The Morgan fingerprint density at radius 1 is 1.21 bits per heavy atom. The molecule has 0 aromatic rings. The summed E-state index contributed by atoms with van der Waals surface area (Å²) >= 11 is 0. The summed E-state index contributed by atoms with van der Waals surface area (Å²) in [5.74, 6) is 0. The molecule has 0 rings (SSSR count). The number of hydrogen-bond acceptors (Lipinski definition) is 4. The van der Waals surface area contributed by atoms with Crippen LogP contribution in [0.25, 0.3) is 0 Å². The van der Waals surface area contributed by atoms with Crippen LogP contribution in [0.15, 0.2) is 0 Å². The molecule has 0 heterocycles. The maximum Gasteiger partial charge on any atom is 0.404 e. The third kappa shape index (κ3) is 11.2. The molecule has 0 saturated heterocycles. The molecule has 14 heavy (non-hydrogen) atoms. The van der Waals surface area contributed by atoms with E-state index in [0.29, 0.717) is 39.5 Å². The molecule has 0 spiro atoms. The van der Waals surface area contributed by atoms with Gasteiger partial charge in [-0.15, -0.1) is 0 Å². The highest BCUT2D eigenvalue weighted by Crippen LogP contribution is 1.84. The van der Waals surface area contributed by atoms with E-state index in [1.165, 1.54) is 0 Å². The average molecular weight is 206 g/mol. The molecule has 1 amide bonds. The van der Waals surface area contributed by atoms with Gasteiger partial charge in [-0.1, -0.05) is 0 Å². The molecule has 0 aliphatic heterocycles. The fourth-order valence-electron chi connectivity index (χ4n) is 0.781. The average Bonchev–Trinajstić information content (AvgIpc) is 2.15. The molecule has 84 valence electrons. The first kappa shape index (κ1) is 13.2. The van der Waals surface area contributed by atoms with Crippen molar-refractivity contribution in [2.75, 3.05) is 39.5 Å². The summed E-state index contributed by atoms with van der Waals surface area (Å²) in [5.41, 5.74) is 5.22. The van der Waals surface area contributed by atoms with E-state index in [1.807, 2.05) is 0 Å². The van der Waals surface area contributed by atoms with Gasteiger partial charge in [-0.25, -0.2) is 4.79 Å². The van der Waals surface area contributed by atoms with Crippen LogP contribution < -0.4 is 11.1 Å². The first-order chi connectivity index (χ1) is 6.77. The molecule has 0 aromatic heterocycles. The Balaban J connectivity index is 2.88. The number of carboxylic acid groups (broad SMARTS) is 1. The molecule has 0 atom stereocenters. The number of ether oxygens (including phenoxy) is 2. The van der Waals surface area contributed by atoms with Crippen LogP contribution in [0.4, 0.5) is 4.79 Å². The largest absolute Gasteiger partial charge is 0.465 e. The Morgan fingerprint density at radius 2 is 1.86 bits per heavy atom. The van der Waals surface area contributed by atoms with Crippen molar-refractivity contribution in [1.29, 1.82) is 0 Å². The smallest absolute Gasteiger partial charge is 0.404 e. The highest BCUT2D eigenvalue weighted by atomic mass is 16.5. The van der Waals surface area contributed by atoms with Crippen molar-refractivity contribution in [1.82, 2.24) is 5.32 Å². The second kappa shape index (κ2) is 10.2. The molecule has 6 heteroatoms. The van der Waals surface area contributed by atoms with E-state index in [1.54, 1.807) is 0 Å². The summed E-state index contributed by atoms with van der Waals surface area (Å²) < 4.78 is 10.2. The van der Waals surface area contributed by atoms with Crippen molar-refractivity contribution < 1.29 is 19.4 Å². The Morgan fingerprint density at radius 3 is 2.43 bits per heavy atom. The van der Waals surface area contributed by atoms with Crippen LogP contribution in [0.2, 0.25) is 0 Å². The fraction of sp³-hybridized carbons (Fsp3) is 0.875. The summed E-state index contributed by atoms with van der Waals surface area (Å²) in [6.45, 7) is 3.02. The normalized spacial score (nSPS) is 10.1. The highest BCUT2D eigenvalue weighted by Gasteiger charge is 1.93. The van der Waals surface area contributed by atoms with Crippen LogP contribution in [0, 0.1) is 0 Å². The van der Waals surface area contributed by atoms with Gasteiger partial charge in [-0.05, 0) is 6.42 Å². The van der Waals surface area contributed by atoms with Crippen LogP contribution in [0.5, 0.6) is 0 Å². The first-order valence-corrected chi connectivity index (χ1v) is 4.59. The van der Waals surface area contributed by atoms with Gasteiger partial charge in [0, 0.05) is 26.3 Å². The Kier molecular flexibility index (Phi) is 9.61. The lowest BCUT2D eigenvalue weighted by atomic mass is 10.5. The van der Waals surface area contributed by atoms with Gasteiger partial charge in [0.1, 0.15) is 0 Å². The molecule has 0 radical (unpaired) electrons. The molecule has 0 fully saturated rings. The number of nitrogens with one attached hydrogen (secondary N) is 1. The maximum absolute atomic E-state index is 10.0. The predicted octanol–water partition coefficient (Wildman–Crippen LogP) is -0.364. The Hall–Kier alpha value is -0.850. The molecular formula is C8H18N2O4. The number of rotatable bonds is 9. The summed E-state index contributed by atoms with van der Waals surface area (Å²) in [6.07, 6.45) is -0.229. The van der Waals surface area contributed by atoms with Crippen molar-refractivity contribution in [2.45, 2.75) is 6.42 Å². The molecular weight excluding hydrogens is 188 g/mol. The maximum atomic E-state index is 10.0. The minimum absolute atomic E-state index is 0.318. The van der Waals surface area contributed by atoms with E-state index in [9.17, 15) is 4.79 Å².